The van der Waals surface area contributed by atoms with Crippen molar-refractivity contribution in [3.8, 4) is 11.8 Å². The molecular formula is C12H13N. The molecule has 0 saturated carbocycles. The SMILES string of the molecule is Nc1ccccc1C1C#CCCC1. The lowest BCUT2D eigenvalue weighted by Crippen LogP contribution is -2.03. The fraction of sp³-hybridized carbons (Fsp3) is 0.333. The summed E-state index contributed by atoms with van der Waals surface area (Å²) in [5.41, 5.74) is 7.97. The Labute approximate surface area is 79.0 Å². The van der Waals surface area contributed by atoms with Crippen molar-refractivity contribution >= 4 is 5.69 Å². The van der Waals surface area contributed by atoms with E-state index in [1.54, 1.807) is 0 Å². The summed E-state index contributed by atoms with van der Waals surface area (Å²) in [5.74, 6) is 6.77. The Hall–Kier alpha value is -1.42. The first-order valence-electron chi connectivity index (χ1n) is 4.71. The Kier molecular flexibility index (Phi) is 2.23. The molecule has 1 heteroatoms. The number of hydrogen-bond donors (Lipinski definition) is 1. The van der Waals surface area contributed by atoms with Crippen LogP contribution in [0.15, 0.2) is 24.3 Å². The number of nitrogen functional groups attached to an aromatic ring is 1. The van der Waals surface area contributed by atoms with Crippen LogP contribution in [0.2, 0.25) is 0 Å². The highest BCUT2D eigenvalue weighted by atomic mass is 14.6. The maximum absolute atomic E-state index is 5.88. The minimum Gasteiger partial charge on any atom is -0.398 e. The number of benzene rings is 1. The van der Waals surface area contributed by atoms with E-state index < -0.39 is 0 Å². The molecule has 0 saturated heterocycles. The maximum atomic E-state index is 5.88. The number of nitrogens with two attached hydrogens (primary N) is 1. The number of hydrogen-bond acceptors (Lipinski definition) is 1. The Morgan fingerprint density at radius 2 is 2.15 bits per heavy atom. The van der Waals surface area contributed by atoms with Gasteiger partial charge in [-0.15, -0.1) is 5.92 Å². The molecule has 0 fully saturated rings. The van der Waals surface area contributed by atoms with E-state index in [9.17, 15) is 0 Å². The van der Waals surface area contributed by atoms with Gasteiger partial charge in [0.25, 0.3) is 0 Å². The monoisotopic (exact) mass is 171 g/mol. The standard InChI is InChI=1S/C12H13N/c13-12-9-5-4-8-11(12)10-6-2-1-3-7-10/h4-5,8-10H,1-2,6,13H2. The van der Waals surface area contributed by atoms with Crippen molar-refractivity contribution in [3.05, 3.63) is 29.8 Å². The van der Waals surface area contributed by atoms with E-state index >= 15 is 0 Å². The van der Waals surface area contributed by atoms with Gasteiger partial charge in [0, 0.05) is 18.0 Å². The lowest BCUT2D eigenvalue weighted by molar-refractivity contribution is 0.687. The van der Waals surface area contributed by atoms with Crippen LogP contribution in [-0.4, -0.2) is 0 Å². The molecule has 1 unspecified atom stereocenters. The second-order valence-corrected chi connectivity index (χ2v) is 3.39. The first-order valence-corrected chi connectivity index (χ1v) is 4.71. The molecule has 0 bridgehead atoms. The lowest BCUT2D eigenvalue weighted by atomic mass is 9.90. The van der Waals surface area contributed by atoms with Gasteiger partial charge in [-0.2, -0.15) is 0 Å². The minimum atomic E-state index is 0.370. The molecule has 0 amide bonds. The Morgan fingerprint density at radius 3 is 2.85 bits per heavy atom. The van der Waals surface area contributed by atoms with Crippen molar-refractivity contribution in [3.63, 3.8) is 0 Å². The largest absolute Gasteiger partial charge is 0.398 e. The molecule has 1 aromatic rings. The predicted molar refractivity (Wildman–Crippen MR) is 55.2 cm³/mol. The van der Waals surface area contributed by atoms with Gasteiger partial charge in [0.2, 0.25) is 0 Å². The van der Waals surface area contributed by atoms with E-state index in [1.165, 1.54) is 12.0 Å². The van der Waals surface area contributed by atoms with E-state index in [0.29, 0.717) is 5.92 Å². The van der Waals surface area contributed by atoms with E-state index in [-0.39, 0.29) is 0 Å². The van der Waals surface area contributed by atoms with Crippen LogP contribution in [0.4, 0.5) is 5.69 Å². The normalized spacial score (nSPS) is 20.5. The third-order valence-electron chi connectivity index (χ3n) is 2.44. The molecule has 0 radical (unpaired) electrons. The molecular weight excluding hydrogens is 158 g/mol. The second-order valence-electron chi connectivity index (χ2n) is 3.39. The Bertz CT molecular complexity index is 357. The van der Waals surface area contributed by atoms with Crippen molar-refractivity contribution in [2.75, 3.05) is 5.73 Å². The topological polar surface area (TPSA) is 26.0 Å². The summed E-state index contributed by atoms with van der Waals surface area (Å²) in [7, 11) is 0. The highest BCUT2D eigenvalue weighted by Crippen LogP contribution is 2.27. The van der Waals surface area contributed by atoms with Gasteiger partial charge in [-0.3, -0.25) is 0 Å². The van der Waals surface area contributed by atoms with Gasteiger partial charge in [-0.05, 0) is 24.5 Å². The summed E-state index contributed by atoms with van der Waals surface area (Å²) < 4.78 is 0. The Morgan fingerprint density at radius 1 is 1.31 bits per heavy atom. The van der Waals surface area contributed by atoms with Crippen molar-refractivity contribution in [2.45, 2.75) is 25.2 Å². The van der Waals surface area contributed by atoms with Crippen LogP contribution in [-0.2, 0) is 0 Å². The van der Waals surface area contributed by atoms with E-state index in [0.717, 1.165) is 18.5 Å². The summed E-state index contributed by atoms with van der Waals surface area (Å²) in [6.45, 7) is 0. The average molecular weight is 171 g/mol. The minimum absolute atomic E-state index is 0.370. The summed E-state index contributed by atoms with van der Waals surface area (Å²) in [6, 6.07) is 8.03. The molecule has 66 valence electrons. The average Bonchev–Trinajstić information content (AvgIpc) is 2.20. The molecule has 1 aliphatic carbocycles. The van der Waals surface area contributed by atoms with Gasteiger partial charge in [-0.25, -0.2) is 0 Å². The van der Waals surface area contributed by atoms with Crippen LogP contribution in [0.5, 0.6) is 0 Å². The molecule has 0 heterocycles. The third kappa shape index (κ3) is 1.67. The third-order valence-corrected chi connectivity index (χ3v) is 2.44. The van der Waals surface area contributed by atoms with Crippen molar-refractivity contribution in [2.24, 2.45) is 0 Å². The van der Waals surface area contributed by atoms with Gasteiger partial charge in [0.1, 0.15) is 0 Å². The van der Waals surface area contributed by atoms with Crippen LogP contribution in [0.1, 0.15) is 30.7 Å². The fourth-order valence-corrected chi connectivity index (χ4v) is 1.72. The van der Waals surface area contributed by atoms with Crippen molar-refractivity contribution in [1.82, 2.24) is 0 Å². The molecule has 0 aliphatic heterocycles. The summed E-state index contributed by atoms with van der Waals surface area (Å²) in [4.78, 5) is 0. The summed E-state index contributed by atoms with van der Waals surface area (Å²) in [5, 5.41) is 0. The number of para-hydroxylation sites is 1. The number of rotatable bonds is 1. The zero-order valence-corrected chi connectivity index (χ0v) is 7.59. The van der Waals surface area contributed by atoms with Crippen LogP contribution in [0, 0.1) is 11.8 Å². The smallest absolute Gasteiger partial charge is 0.0472 e. The van der Waals surface area contributed by atoms with Crippen molar-refractivity contribution < 1.29 is 0 Å². The van der Waals surface area contributed by atoms with E-state index in [2.05, 4.69) is 17.9 Å². The van der Waals surface area contributed by atoms with Gasteiger partial charge >= 0.3 is 0 Å². The predicted octanol–water partition coefficient (Wildman–Crippen LogP) is 2.54. The molecule has 1 aliphatic rings. The Balaban J connectivity index is 2.32. The van der Waals surface area contributed by atoms with Gasteiger partial charge < -0.3 is 5.73 Å². The lowest BCUT2D eigenvalue weighted by Gasteiger charge is -2.15. The van der Waals surface area contributed by atoms with Crippen molar-refractivity contribution in [1.29, 1.82) is 0 Å². The van der Waals surface area contributed by atoms with Gasteiger partial charge in [0.15, 0.2) is 0 Å². The highest BCUT2D eigenvalue weighted by Gasteiger charge is 2.12. The molecule has 1 aromatic carbocycles. The molecule has 2 N–H and O–H groups in total. The summed E-state index contributed by atoms with van der Waals surface area (Å²) >= 11 is 0. The second kappa shape index (κ2) is 3.53. The first kappa shape index (κ1) is 8.19. The quantitative estimate of drug-likeness (QED) is 0.510. The molecule has 0 aromatic heterocycles. The highest BCUT2D eigenvalue weighted by molar-refractivity contribution is 5.51. The molecule has 13 heavy (non-hydrogen) atoms. The number of anilines is 1. The molecule has 2 rings (SSSR count). The maximum Gasteiger partial charge on any atom is 0.0472 e. The van der Waals surface area contributed by atoms with Crippen LogP contribution < -0.4 is 5.73 Å². The van der Waals surface area contributed by atoms with Crippen LogP contribution >= 0.6 is 0 Å². The van der Waals surface area contributed by atoms with Crippen LogP contribution in [0.3, 0.4) is 0 Å². The van der Waals surface area contributed by atoms with Crippen LogP contribution in [0.25, 0.3) is 0 Å². The molecule has 1 atom stereocenters. The first-order chi connectivity index (χ1) is 6.38. The molecule has 0 spiro atoms. The molecule has 1 nitrogen and oxygen atoms in total. The fourth-order valence-electron chi connectivity index (χ4n) is 1.72. The summed E-state index contributed by atoms with van der Waals surface area (Å²) in [6.07, 6.45) is 3.40. The van der Waals surface area contributed by atoms with Gasteiger partial charge in [0.05, 0.1) is 0 Å². The van der Waals surface area contributed by atoms with E-state index in [1.807, 2.05) is 18.2 Å². The van der Waals surface area contributed by atoms with Gasteiger partial charge in [-0.1, -0.05) is 24.1 Å². The zero-order chi connectivity index (χ0) is 9.10. The van der Waals surface area contributed by atoms with E-state index in [4.69, 9.17) is 5.73 Å². The zero-order valence-electron chi connectivity index (χ0n) is 7.59.